The third-order valence-corrected chi connectivity index (χ3v) is 5.39. The summed E-state index contributed by atoms with van der Waals surface area (Å²) >= 11 is 0. The first kappa shape index (κ1) is 28.4. The summed E-state index contributed by atoms with van der Waals surface area (Å²) in [4.78, 5) is 11.6. The molecule has 2 aromatic rings. The predicted molar refractivity (Wildman–Crippen MR) is 144 cm³/mol. The molecule has 1 unspecified atom stereocenters. The van der Waals surface area contributed by atoms with E-state index in [0.717, 1.165) is 69.3 Å². The molecule has 0 radical (unpaired) electrons. The highest BCUT2D eigenvalue weighted by atomic mass is 127. The Hall–Kier alpha value is -1.68. The van der Waals surface area contributed by atoms with E-state index in [1.54, 1.807) is 0 Å². The van der Waals surface area contributed by atoms with Gasteiger partial charge in [-0.2, -0.15) is 4.98 Å². The van der Waals surface area contributed by atoms with E-state index < -0.39 is 0 Å². The first-order valence-electron chi connectivity index (χ1n) is 11.8. The smallest absolute Gasteiger partial charge is 0.257 e. The van der Waals surface area contributed by atoms with Gasteiger partial charge in [0, 0.05) is 31.1 Å². The average Bonchev–Trinajstić information content (AvgIpc) is 3.27. The summed E-state index contributed by atoms with van der Waals surface area (Å²) in [7, 11) is 0. The van der Waals surface area contributed by atoms with Crippen LogP contribution in [0.2, 0.25) is 0 Å². The van der Waals surface area contributed by atoms with Crippen molar-refractivity contribution >= 4 is 29.9 Å². The second kappa shape index (κ2) is 16.0. The molecular weight excluding hydrogens is 515 g/mol. The number of rotatable bonds is 13. The second-order valence-corrected chi connectivity index (χ2v) is 7.79. The molecule has 2 rings (SSSR count). The van der Waals surface area contributed by atoms with Crippen molar-refractivity contribution in [3.05, 3.63) is 35.7 Å². The van der Waals surface area contributed by atoms with Crippen molar-refractivity contribution in [3.63, 3.8) is 0 Å². The van der Waals surface area contributed by atoms with Gasteiger partial charge < -0.3 is 20.1 Å². The molecule has 0 aliphatic heterocycles. The zero-order valence-corrected chi connectivity index (χ0v) is 22.7. The van der Waals surface area contributed by atoms with Crippen molar-refractivity contribution in [1.82, 2.24) is 25.7 Å². The third kappa shape index (κ3) is 9.85. The highest BCUT2D eigenvalue weighted by molar-refractivity contribution is 14.0. The lowest BCUT2D eigenvalue weighted by molar-refractivity contribution is 0.292. The Morgan fingerprint density at radius 3 is 2.44 bits per heavy atom. The van der Waals surface area contributed by atoms with Crippen LogP contribution in [0, 0.1) is 0 Å². The van der Waals surface area contributed by atoms with Crippen molar-refractivity contribution < 1.29 is 4.52 Å². The van der Waals surface area contributed by atoms with E-state index in [4.69, 9.17) is 9.52 Å². The van der Waals surface area contributed by atoms with Gasteiger partial charge in [0.25, 0.3) is 5.89 Å². The summed E-state index contributed by atoms with van der Waals surface area (Å²) in [6.07, 6.45) is 3.99. The fourth-order valence-electron chi connectivity index (χ4n) is 3.41. The molecule has 0 fully saturated rings. The third-order valence-electron chi connectivity index (χ3n) is 5.39. The Bertz CT molecular complexity index is 773. The number of nitrogens with zero attached hydrogens (tertiary/aromatic N) is 4. The van der Waals surface area contributed by atoms with E-state index in [1.807, 2.05) is 19.1 Å². The van der Waals surface area contributed by atoms with Gasteiger partial charge in [0.2, 0.25) is 0 Å². The lowest BCUT2D eigenvalue weighted by Crippen LogP contribution is -2.42. The Morgan fingerprint density at radius 1 is 1.12 bits per heavy atom. The Labute approximate surface area is 210 Å². The van der Waals surface area contributed by atoms with Crippen LogP contribution in [-0.2, 0) is 12.8 Å². The van der Waals surface area contributed by atoms with Crippen LogP contribution >= 0.6 is 24.0 Å². The normalized spacial score (nSPS) is 12.5. The van der Waals surface area contributed by atoms with E-state index in [1.165, 1.54) is 12.0 Å². The number of aromatic nitrogens is 2. The fourth-order valence-corrected chi connectivity index (χ4v) is 3.41. The molecule has 8 heteroatoms. The lowest BCUT2D eigenvalue weighted by atomic mass is 10.1. The maximum atomic E-state index is 5.31. The van der Waals surface area contributed by atoms with Gasteiger partial charge in [-0.1, -0.05) is 38.1 Å². The van der Waals surface area contributed by atoms with Gasteiger partial charge in [0.05, 0.1) is 0 Å². The zero-order valence-electron chi connectivity index (χ0n) is 20.4. The highest BCUT2D eigenvalue weighted by Crippen LogP contribution is 2.18. The first-order chi connectivity index (χ1) is 15.1. The van der Waals surface area contributed by atoms with Crippen molar-refractivity contribution in [2.24, 2.45) is 4.99 Å². The minimum Gasteiger partial charge on any atom is -0.357 e. The molecule has 0 spiro atoms. The Morgan fingerprint density at radius 2 is 1.84 bits per heavy atom. The topological polar surface area (TPSA) is 78.6 Å². The molecule has 0 amide bonds. The molecule has 0 aliphatic rings. The van der Waals surface area contributed by atoms with Crippen LogP contribution in [0.25, 0.3) is 11.5 Å². The summed E-state index contributed by atoms with van der Waals surface area (Å²) in [5.41, 5.74) is 2.19. The molecular formula is C24H41IN6O. The number of hydrogen-bond donors (Lipinski definition) is 2. The number of aliphatic imine (C=N–C) groups is 1. The molecule has 2 N–H and O–H groups in total. The van der Waals surface area contributed by atoms with Gasteiger partial charge in [0.1, 0.15) is 0 Å². The summed E-state index contributed by atoms with van der Waals surface area (Å²) in [5, 5.41) is 10.9. The number of nitrogens with one attached hydrogen (secondary N) is 2. The summed E-state index contributed by atoms with van der Waals surface area (Å²) in [6.45, 7) is 15.8. The molecule has 1 atom stereocenters. The molecule has 180 valence electrons. The van der Waals surface area contributed by atoms with E-state index in [2.05, 4.69) is 65.5 Å². The van der Waals surface area contributed by atoms with Gasteiger partial charge in [-0.15, -0.1) is 24.0 Å². The number of hydrogen-bond acceptors (Lipinski definition) is 5. The molecule has 0 saturated carbocycles. The van der Waals surface area contributed by atoms with E-state index in [9.17, 15) is 0 Å². The molecule has 1 aromatic carbocycles. The van der Waals surface area contributed by atoms with Crippen molar-refractivity contribution in [2.75, 3.05) is 32.7 Å². The average molecular weight is 557 g/mol. The minimum absolute atomic E-state index is 0. The SMILES string of the molecule is CCNC(=NCCc1ccc(-c2nc(CC)no2)cc1)NC(C)CCCN(CC)CC.I. The summed E-state index contributed by atoms with van der Waals surface area (Å²) in [5.74, 6) is 2.21. The fraction of sp³-hybridized carbons (Fsp3) is 0.625. The van der Waals surface area contributed by atoms with Gasteiger partial charge in [-0.3, -0.25) is 4.99 Å². The van der Waals surface area contributed by atoms with Crippen LogP contribution in [0.3, 0.4) is 0 Å². The number of guanidine groups is 1. The van der Waals surface area contributed by atoms with E-state index >= 15 is 0 Å². The predicted octanol–water partition coefficient (Wildman–Crippen LogP) is 4.53. The molecule has 1 aromatic heterocycles. The summed E-state index contributed by atoms with van der Waals surface area (Å²) < 4.78 is 5.31. The second-order valence-electron chi connectivity index (χ2n) is 7.79. The van der Waals surface area contributed by atoms with Crippen LogP contribution < -0.4 is 10.6 Å². The standard InChI is InChI=1S/C24H40N6O.HI/c1-6-22-28-23(31-29-22)21-14-12-20(13-15-21)16-17-26-24(25-7-2)27-19(5)11-10-18-30(8-3)9-4;/h12-15,19H,6-11,16-18H2,1-5H3,(H2,25,26,27);1H. The van der Waals surface area contributed by atoms with Crippen molar-refractivity contribution in [2.45, 2.75) is 66.3 Å². The van der Waals surface area contributed by atoms with Crippen LogP contribution in [0.1, 0.15) is 58.8 Å². The molecule has 1 heterocycles. The van der Waals surface area contributed by atoms with E-state index in [-0.39, 0.29) is 24.0 Å². The van der Waals surface area contributed by atoms with Crippen LogP contribution in [0.15, 0.2) is 33.8 Å². The quantitative estimate of drug-likeness (QED) is 0.215. The lowest BCUT2D eigenvalue weighted by Gasteiger charge is -2.21. The van der Waals surface area contributed by atoms with Crippen LogP contribution in [0.5, 0.6) is 0 Å². The molecule has 0 aliphatic carbocycles. The zero-order chi connectivity index (χ0) is 22.5. The maximum absolute atomic E-state index is 5.31. The van der Waals surface area contributed by atoms with Gasteiger partial charge in [0.15, 0.2) is 11.8 Å². The Balaban J connectivity index is 0.00000512. The molecule has 32 heavy (non-hydrogen) atoms. The van der Waals surface area contributed by atoms with Crippen LogP contribution in [-0.4, -0.2) is 59.8 Å². The number of halogens is 1. The van der Waals surface area contributed by atoms with Gasteiger partial charge in [-0.05, 0) is 70.4 Å². The van der Waals surface area contributed by atoms with Crippen molar-refractivity contribution in [3.8, 4) is 11.5 Å². The summed E-state index contributed by atoms with van der Waals surface area (Å²) in [6, 6.07) is 8.68. The van der Waals surface area contributed by atoms with Crippen LogP contribution in [0.4, 0.5) is 0 Å². The largest absolute Gasteiger partial charge is 0.357 e. The molecule has 0 bridgehead atoms. The maximum Gasteiger partial charge on any atom is 0.257 e. The van der Waals surface area contributed by atoms with Crippen molar-refractivity contribution in [1.29, 1.82) is 0 Å². The number of aryl methyl sites for hydroxylation is 1. The number of benzene rings is 1. The highest BCUT2D eigenvalue weighted by Gasteiger charge is 2.08. The monoisotopic (exact) mass is 556 g/mol. The van der Waals surface area contributed by atoms with Gasteiger partial charge in [-0.25, -0.2) is 0 Å². The minimum atomic E-state index is 0. The first-order valence-corrected chi connectivity index (χ1v) is 11.8. The molecule has 7 nitrogen and oxygen atoms in total. The van der Waals surface area contributed by atoms with Gasteiger partial charge >= 0.3 is 0 Å². The molecule has 0 saturated heterocycles. The Kier molecular flexibility index (Phi) is 14.2. The van der Waals surface area contributed by atoms with E-state index in [0.29, 0.717) is 11.9 Å².